The molecule has 1 heterocycles. The third-order valence-corrected chi connectivity index (χ3v) is 4.47. The minimum absolute atomic E-state index is 0.00927. The molecule has 0 saturated carbocycles. The van der Waals surface area contributed by atoms with Crippen LogP contribution in [0.1, 0.15) is 35.3 Å². The van der Waals surface area contributed by atoms with Crippen molar-refractivity contribution in [2.24, 2.45) is 0 Å². The van der Waals surface area contributed by atoms with E-state index in [9.17, 15) is 27.6 Å². The molecule has 0 fully saturated rings. The molecule has 0 spiro atoms. The number of carbonyl (C=O) groups excluding carboxylic acids is 3. The minimum atomic E-state index is -4.64. The first kappa shape index (κ1) is 20.4. The summed E-state index contributed by atoms with van der Waals surface area (Å²) >= 11 is 0. The van der Waals surface area contributed by atoms with Gasteiger partial charge in [-0.25, -0.2) is 4.79 Å². The molecule has 0 aromatic heterocycles. The summed E-state index contributed by atoms with van der Waals surface area (Å²) in [6.45, 7) is 2.56. The Labute approximate surface area is 164 Å². The van der Waals surface area contributed by atoms with Crippen molar-refractivity contribution in [2.45, 2.75) is 32.0 Å². The number of nitrogens with one attached hydrogen (secondary N) is 2. The van der Waals surface area contributed by atoms with Gasteiger partial charge in [-0.1, -0.05) is 18.2 Å². The molecule has 0 saturated heterocycles. The second-order valence-electron chi connectivity index (χ2n) is 6.85. The molecule has 1 unspecified atom stereocenters. The van der Waals surface area contributed by atoms with Gasteiger partial charge in [0.1, 0.15) is 0 Å². The Balaban J connectivity index is 1.93. The topological polar surface area (TPSA) is 84.5 Å². The van der Waals surface area contributed by atoms with Crippen LogP contribution in [-0.2, 0) is 26.9 Å². The average molecular weight is 406 g/mol. The summed E-state index contributed by atoms with van der Waals surface area (Å²) in [6, 6.07) is 9.16. The number of rotatable bonds is 3. The number of fused-ring (bicyclic) bond motifs is 1. The Bertz CT molecular complexity index is 1000. The number of alkyl halides is 3. The van der Waals surface area contributed by atoms with Gasteiger partial charge in [0.15, 0.2) is 5.60 Å². The maximum absolute atomic E-state index is 13.1. The Morgan fingerprint density at radius 3 is 2.41 bits per heavy atom. The smallest absolute Gasteiger partial charge is 0.416 e. The van der Waals surface area contributed by atoms with Crippen LogP contribution < -0.4 is 10.6 Å². The fraction of sp³-hybridized carbons (Fsp3) is 0.250. The molecule has 1 aliphatic rings. The predicted molar refractivity (Wildman–Crippen MR) is 98.3 cm³/mol. The van der Waals surface area contributed by atoms with E-state index in [4.69, 9.17) is 4.74 Å². The fourth-order valence-corrected chi connectivity index (χ4v) is 3.04. The lowest BCUT2D eigenvalue weighted by molar-refractivity contribution is -0.137. The minimum Gasteiger partial charge on any atom is -0.445 e. The van der Waals surface area contributed by atoms with Crippen LogP contribution in [0.4, 0.5) is 24.5 Å². The highest BCUT2D eigenvalue weighted by atomic mass is 19.4. The van der Waals surface area contributed by atoms with Crippen molar-refractivity contribution in [2.75, 3.05) is 10.6 Å². The molecule has 2 aromatic rings. The number of halogens is 3. The number of carbonyl (C=O) groups is 3. The largest absolute Gasteiger partial charge is 0.445 e. The second kappa shape index (κ2) is 7.23. The normalized spacial score (nSPS) is 18.4. The van der Waals surface area contributed by atoms with Crippen molar-refractivity contribution in [3.63, 3.8) is 0 Å². The van der Waals surface area contributed by atoms with E-state index in [0.29, 0.717) is 17.2 Å². The van der Waals surface area contributed by atoms with E-state index in [2.05, 4.69) is 10.6 Å². The van der Waals surface area contributed by atoms with Gasteiger partial charge >= 0.3 is 12.1 Å². The van der Waals surface area contributed by atoms with Crippen LogP contribution in [0.25, 0.3) is 0 Å². The molecule has 3 rings (SSSR count). The molecular formula is C20H17F3N2O4. The zero-order chi connectivity index (χ0) is 21.4. The van der Waals surface area contributed by atoms with Gasteiger partial charge in [-0.15, -0.1) is 0 Å². The van der Waals surface area contributed by atoms with Crippen LogP contribution in [-0.4, -0.2) is 23.4 Å². The summed E-state index contributed by atoms with van der Waals surface area (Å²) in [4.78, 5) is 36.5. The van der Waals surface area contributed by atoms with Crippen molar-refractivity contribution in [3.8, 4) is 0 Å². The van der Waals surface area contributed by atoms with Gasteiger partial charge < -0.3 is 15.4 Å². The van der Waals surface area contributed by atoms with Gasteiger partial charge in [0.2, 0.25) is 5.91 Å². The Hall–Kier alpha value is -3.36. The highest BCUT2D eigenvalue weighted by Crippen LogP contribution is 2.35. The lowest BCUT2D eigenvalue weighted by Gasteiger charge is -2.33. The highest BCUT2D eigenvalue weighted by molar-refractivity contribution is 6.05. The third-order valence-electron chi connectivity index (χ3n) is 4.47. The van der Waals surface area contributed by atoms with Gasteiger partial charge in [0.05, 0.1) is 22.5 Å². The summed E-state index contributed by atoms with van der Waals surface area (Å²) < 4.78 is 44.5. The first-order chi connectivity index (χ1) is 13.5. The number of esters is 1. The Morgan fingerprint density at radius 1 is 1.07 bits per heavy atom. The maximum atomic E-state index is 13.1. The van der Waals surface area contributed by atoms with Crippen molar-refractivity contribution < 1.29 is 32.3 Å². The van der Waals surface area contributed by atoms with Gasteiger partial charge in [0.25, 0.3) is 5.91 Å². The highest BCUT2D eigenvalue weighted by Gasteiger charge is 2.43. The molecule has 0 aliphatic carbocycles. The van der Waals surface area contributed by atoms with Crippen LogP contribution in [0, 0.1) is 0 Å². The number of benzene rings is 2. The third kappa shape index (κ3) is 4.23. The number of cyclic esters (lactones) is 1. The summed E-state index contributed by atoms with van der Waals surface area (Å²) in [5.74, 6) is -2.04. The molecule has 0 bridgehead atoms. The van der Waals surface area contributed by atoms with E-state index in [1.54, 1.807) is 24.3 Å². The number of amides is 2. The first-order valence-corrected chi connectivity index (χ1v) is 8.61. The van der Waals surface area contributed by atoms with Crippen LogP contribution in [0.3, 0.4) is 0 Å². The zero-order valence-corrected chi connectivity index (χ0v) is 15.5. The quantitative estimate of drug-likeness (QED) is 0.760. The molecule has 9 heteroatoms. The predicted octanol–water partition coefficient (Wildman–Crippen LogP) is 3.77. The lowest BCUT2D eigenvalue weighted by Crippen LogP contribution is -2.49. The van der Waals surface area contributed by atoms with E-state index in [0.717, 1.165) is 12.1 Å². The van der Waals surface area contributed by atoms with Crippen molar-refractivity contribution >= 4 is 29.2 Å². The van der Waals surface area contributed by atoms with Gasteiger partial charge in [0, 0.05) is 13.3 Å². The molecule has 2 N–H and O–H groups in total. The average Bonchev–Trinajstić information content (AvgIpc) is 2.61. The van der Waals surface area contributed by atoms with Crippen LogP contribution in [0.15, 0.2) is 42.5 Å². The molecule has 2 aromatic carbocycles. The van der Waals surface area contributed by atoms with Gasteiger partial charge in [-0.2, -0.15) is 13.2 Å². The molecule has 6 nitrogen and oxygen atoms in total. The first-order valence-electron chi connectivity index (χ1n) is 8.61. The maximum Gasteiger partial charge on any atom is 0.416 e. The Morgan fingerprint density at radius 2 is 1.76 bits per heavy atom. The van der Waals surface area contributed by atoms with Crippen molar-refractivity contribution in [3.05, 3.63) is 59.2 Å². The zero-order valence-electron chi connectivity index (χ0n) is 15.5. The molecule has 0 radical (unpaired) electrons. The lowest BCUT2D eigenvalue weighted by atomic mass is 9.89. The molecular weight excluding hydrogens is 389 g/mol. The van der Waals surface area contributed by atoms with Gasteiger partial charge in [-0.3, -0.25) is 9.59 Å². The Kier molecular flexibility index (Phi) is 5.08. The van der Waals surface area contributed by atoms with Crippen LogP contribution >= 0.6 is 0 Å². The molecule has 1 atom stereocenters. The standard InChI is InChI=1S/C20H17F3N2O4/c1-11(26)24-15-8-7-13(20(21,22)23)9-16(15)25-18(28)19(2)10-12-5-3-4-6-14(12)17(27)29-19/h3-9H,10H2,1-2H3,(H,24,26)(H,25,28). The molecule has 2 amide bonds. The van der Waals surface area contributed by atoms with E-state index >= 15 is 0 Å². The fourth-order valence-electron chi connectivity index (χ4n) is 3.04. The van der Waals surface area contributed by atoms with Crippen LogP contribution in [0.5, 0.6) is 0 Å². The number of ether oxygens (including phenoxy) is 1. The summed E-state index contributed by atoms with van der Waals surface area (Å²) in [5.41, 5.74) is -1.98. The molecule has 1 aliphatic heterocycles. The number of hydrogen-bond donors (Lipinski definition) is 2. The van der Waals surface area contributed by atoms with E-state index in [-0.39, 0.29) is 17.8 Å². The van der Waals surface area contributed by atoms with E-state index in [1.807, 2.05) is 0 Å². The summed E-state index contributed by atoms with van der Waals surface area (Å²) in [5, 5.41) is 4.73. The molecule has 152 valence electrons. The van der Waals surface area contributed by atoms with Crippen LogP contribution in [0.2, 0.25) is 0 Å². The summed E-state index contributed by atoms with van der Waals surface area (Å²) in [6.07, 6.45) is -4.59. The van der Waals surface area contributed by atoms with Gasteiger partial charge in [-0.05, 0) is 36.8 Å². The SMILES string of the molecule is CC(=O)Nc1ccc(C(F)(F)F)cc1NC(=O)C1(C)Cc2ccccc2C(=O)O1. The second-order valence-corrected chi connectivity index (χ2v) is 6.85. The van der Waals surface area contributed by atoms with E-state index < -0.39 is 35.1 Å². The van der Waals surface area contributed by atoms with Crippen molar-refractivity contribution in [1.29, 1.82) is 0 Å². The monoisotopic (exact) mass is 406 g/mol. The summed E-state index contributed by atoms with van der Waals surface area (Å²) in [7, 11) is 0. The molecule has 29 heavy (non-hydrogen) atoms. The number of anilines is 2. The van der Waals surface area contributed by atoms with Crippen molar-refractivity contribution in [1.82, 2.24) is 0 Å². The van der Waals surface area contributed by atoms with E-state index in [1.165, 1.54) is 13.8 Å². The number of hydrogen-bond acceptors (Lipinski definition) is 4.